The molecule has 3 heterocycles. The molecule has 0 unspecified atom stereocenters. The predicted octanol–water partition coefficient (Wildman–Crippen LogP) is 13.3. The summed E-state index contributed by atoms with van der Waals surface area (Å²) in [5.41, 5.74) is 14.0. The molecule has 11 aromatic rings. The van der Waals surface area contributed by atoms with E-state index in [-0.39, 0.29) is 0 Å². The van der Waals surface area contributed by atoms with Crippen LogP contribution in [-0.4, -0.2) is 19.1 Å². The lowest BCUT2D eigenvalue weighted by atomic mass is 10.0. The molecule has 8 aromatic carbocycles. The van der Waals surface area contributed by atoms with Gasteiger partial charge in [-0.25, -0.2) is 9.97 Å². The second-order valence-corrected chi connectivity index (χ2v) is 14.2. The lowest BCUT2D eigenvalue weighted by Gasteiger charge is -2.13. The number of hydrogen-bond donors (Lipinski definition) is 0. The zero-order chi connectivity index (χ0) is 37.0. The molecule has 4 heteroatoms. The smallest absolute Gasteiger partial charge is 0.160 e. The summed E-state index contributed by atoms with van der Waals surface area (Å²) in [6.07, 6.45) is 0. The number of fused-ring (bicyclic) bond motifs is 7. The first-order valence-electron chi connectivity index (χ1n) is 19.0. The minimum Gasteiger partial charge on any atom is -0.309 e. The van der Waals surface area contributed by atoms with Gasteiger partial charge in [-0.2, -0.15) is 0 Å². The van der Waals surface area contributed by atoms with Crippen molar-refractivity contribution in [3.63, 3.8) is 0 Å². The Labute approximate surface area is 324 Å². The first-order valence-corrected chi connectivity index (χ1v) is 19.0. The Hall–Kier alpha value is -7.56. The van der Waals surface area contributed by atoms with E-state index in [4.69, 9.17) is 9.97 Å². The van der Waals surface area contributed by atoms with Crippen LogP contribution in [0.2, 0.25) is 0 Å². The molecule has 0 spiro atoms. The summed E-state index contributed by atoms with van der Waals surface area (Å²) < 4.78 is 4.84. The van der Waals surface area contributed by atoms with Crippen LogP contribution in [0.15, 0.2) is 206 Å². The lowest BCUT2D eigenvalue weighted by molar-refractivity contribution is 1.16. The average molecular weight is 715 g/mol. The van der Waals surface area contributed by atoms with Gasteiger partial charge in [0.25, 0.3) is 0 Å². The Morgan fingerprint density at radius 3 is 1.62 bits per heavy atom. The highest BCUT2D eigenvalue weighted by Gasteiger charge is 2.21. The van der Waals surface area contributed by atoms with Crippen molar-refractivity contribution < 1.29 is 0 Å². The standard InChI is InChI=1S/C52H34N4/c1-4-16-35(17-5-1)37-20-14-22-39(32-37)52-53-45(36-18-6-2-7-19-36)34-46(54-52)38-21-15-25-41(33-38)55-48-29-13-11-27-44(48)50-49(55)31-30-43-42-26-10-12-28-47(42)56(51(43)50)40-23-8-3-9-24-40/h1-34H. The molecule has 3 aromatic heterocycles. The topological polar surface area (TPSA) is 35.6 Å². The van der Waals surface area contributed by atoms with Crippen molar-refractivity contribution in [3.05, 3.63) is 206 Å². The van der Waals surface area contributed by atoms with E-state index in [2.05, 4.69) is 203 Å². The van der Waals surface area contributed by atoms with Gasteiger partial charge in [0.05, 0.1) is 33.5 Å². The van der Waals surface area contributed by atoms with E-state index in [1.54, 1.807) is 0 Å². The van der Waals surface area contributed by atoms with Crippen LogP contribution in [0.5, 0.6) is 0 Å². The molecule has 0 aliphatic carbocycles. The first-order chi connectivity index (χ1) is 27.8. The minimum atomic E-state index is 0.692. The molecule has 0 N–H and O–H groups in total. The Kier molecular flexibility index (Phi) is 7.46. The molecule has 0 fully saturated rings. The van der Waals surface area contributed by atoms with Crippen LogP contribution in [0, 0.1) is 0 Å². The second-order valence-electron chi connectivity index (χ2n) is 14.2. The second kappa shape index (κ2) is 13.1. The van der Waals surface area contributed by atoms with Crippen molar-refractivity contribution in [3.8, 4) is 56.4 Å². The number of aromatic nitrogens is 4. The molecular weight excluding hydrogens is 681 g/mol. The first kappa shape index (κ1) is 31.9. The summed E-state index contributed by atoms with van der Waals surface area (Å²) in [5, 5.41) is 4.94. The maximum Gasteiger partial charge on any atom is 0.160 e. The Balaban J connectivity index is 1.13. The van der Waals surface area contributed by atoms with Crippen molar-refractivity contribution in [2.75, 3.05) is 0 Å². The zero-order valence-electron chi connectivity index (χ0n) is 30.4. The summed E-state index contributed by atoms with van der Waals surface area (Å²) >= 11 is 0. The quantitative estimate of drug-likeness (QED) is 0.172. The highest BCUT2D eigenvalue weighted by atomic mass is 15.0. The van der Waals surface area contributed by atoms with Crippen molar-refractivity contribution >= 4 is 43.6 Å². The van der Waals surface area contributed by atoms with E-state index in [1.807, 2.05) is 12.1 Å². The van der Waals surface area contributed by atoms with Crippen molar-refractivity contribution in [2.24, 2.45) is 0 Å². The van der Waals surface area contributed by atoms with Gasteiger partial charge in [-0.15, -0.1) is 0 Å². The third-order valence-corrected chi connectivity index (χ3v) is 10.9. The molecule has 0 amide bonds. The number of nitrogens with zero attached hydrogens (tertiary/aromatic N) is 4. The summed E-state index contributed by atoms with van der Waals surface area (Å²) in [7, 11) is 0. The third kappa shape index (κ3) is 5.23. The molecule has 262 valence electrons. The van der Waals surface area contributed by atoms with Crippen LogP contribution in [0.3, 0.4) is 0 Å². The van der Waals surface area contributed by atoms with Gasteiger partial charge < -0.3 is 9.13 Å². The van der Waals surface area contributed by atoms with E-state index in [9.17, 15) is 0 Å². The summed E-state index contributed by atoms with van der Waals surface area (Å²) in [5.74, 6) is 0.692. The Bertz CT molecular complexity index is 3230. The van der Waals surface area contributed by atoms with Crippen LogP contribution < -0.4 is 0 Å². The zero-order valence-corrected chi connectivity index (χ0v) is 30.4. The van der Waals surface area contributed by atoms with Crippen molar-refractivity contribution in [1.29, 1.82) is 0 Å². The van der Waals surface area contributed by atoms with Gasteiger partial charge in [-0.3, -0.25) is 0 Å². The summed E-state index contributed by atoms with van der Waals surface area (Å²) in [6, 6.07) is 73.1. The summed E-state index contributed by atoms with van der Waals surface area (Å²) in [6.45, 7) is 0. The van der Waals surface area contributed by atoms with E-state index in [0.29, 0.717) is 5.82 Å². The maximum absolute atomic E-state index is 5.27. The van der Waals surface area contributed by atoms with Gasteiger partial charge in [-0.05, 0) is 65.7 Å². The van der Waals surface area contributed by atoms with Gasteiger partial charge in [-0.1, -0.05) is 152 Å². The molecule has 0 saturated heterocycles. The Morgan fingerprint density at radius 2 is 0.857 bits per heavy atom. The SMILES string of the molecule is c1ccc(-c2cccc(-c3nc(-c4ccccc4)cc(-c4cccc(-n5c6ccccc6c6c5ccc5c7ccccc7n(-c7ccccc7)c56)c4)n3)c2)cc1. The average Bonchev–Trinajstić information content (AvgIpc) is 3.80. The minimum absolute atomic E-state index is 0.692. The highest BCUT2D eigenvalue weighted by molar-refractivity contribution is 6.26. The van der Waals surface area contributed by atoms with E-state index in [0.717, 1.165) is 61.6 Å². The van der Waals surface area contributed by atoms with Gasteiger partial charge in [0, 0.05) is 49.6 Å². The molecule has 0 aliphatic heterocycles. The van der Waals surface area contributed by atoms with E-state index < -0.39 is 0 Å². The third-order valence-electron chi connectivity index (χ3n) is 10.9. The van der Waals surface area contributed by atoms with Gasteiger partial charge in [0.1, 0.15) is 0 Å². The largest absolute Gasteiger partial charge is 0.309 e. The van der Waals surface area contributed by atoms with Crippen LogP contribution in [-0.2, 0) is 0 Å². The number of hydrogen-bond acceptors (Lipinski definition) is 2. The highest BCUT2D eigenvalue weighted by Crippen LogP contribution is 2.42. The molecule has 0 saturated carbocycles. The number of para-hydroxylation sites is 3. The Morgan fingerprint density at radius 1 is 0.304 bits per heavy atom. The van der Waals surface area contributed by atoms with E-state index in [1.165, 1.54) is 32.6 Å². The van der Waals surface area contributed by atoms with Crippen LogP contribution in [0.1, 0.15) is 0 Å². The fourth-order valence-corrected chi connectivity index (χ4v) is 8.39. The molecular formula is C52H34N4. The fraction of sp³-hybridized carbons (Fsp3) is 0. The monoisotopic (exact) mass is 714 g/mol. The summed E-state index contributed by atoms with van der Waals surface area (Å²) in [4.78, 5) is 10.4. The van der Waals surface area contributed by atoms with Gasteiger partial charge in [0.2, 0.25) is 0 Å². The molecule has 0 atom stereocenters. The normalized spacial score (nSPS) is 11.6. The molecule has 56 heavy (non-hydrogen) atoms. The van der Waals surface area contributed by atoms with Crippen LogP contribution in [0.25, 0.3) is 100 Å². The predicted molar refractivity (Wildman–Crippen MR) is 232 cm³/mol. The van der Waals surface area contributed by atoms with Crippen molar-refractivity contribution in [2.45, 2.75) is 0 Å². The molecule has 0 aliphatic rings. The van der Waals surface area contributed by atoms with E-state index >= 15 is 0 Å². The molecule has 0 bridgehead atoms. The molecule has 4 nitrogen and oxygen atoms in total. The van der Waals surface area contributed by atoms with Crippen LogP contribution in [0.4, 0.5) is 0 Å². The van der Waals surface area contributed by atoms with Gasteiger partial charge >= 0.3 is 0 Å². The number of benzene rings is 8. The van der Waals surface area contributed by atoms with Crippen LogP contribution >= 0.6 is 0 Å². The lowest BCUT2D eigenvalue weighted by Crippen LogP contribution is -1.98. The maximum atomic E-state index is 5.27. The van der Waals surface area contributed by atoms with Crippen molar-refractivity contribution in [1.82, 2.24) is 19.1 Å². The number of rotatable bonds is 6. The molecule has 11 rings (SSSR count). The fourth-order valence-electron chi connectivity index (χ4n) is 8.39. The van der Waals surface area contributed by atoms with Gasteiger partial charge in [0.15, 0.2) is 5.82 Å². The molecule has 0 radical (unpaired) electrons.